The van der Waals surface area contributed by atoms with E-state index in [1.807, 2.05) is 0 Å². The van der Waals surface area contributed by atoms with Crippen LogP contribution in [0.15, 0.2) is 41.1 Å². The Balaban J connectivity index is 2.10. The number of nitrogens with zero attached hydrogens (tertiary/aromatic N) is 2. The Bertz CT molecular complexity index is 858. The molecule has 0 aliphatic heterocycles. The Labute approximate surface area is 133 Å². The van der Waals surface area contributed by atoms with Crippen LogP contribution in [0, 0.1) is 5.82 Å². The molecule has 1 aromatic heterocycles. The maximum atomic E-state index is 13.9. The zero-order chi connectivity index (χ0) is 15.7. The number of phenols is 1. The van der Waals surface area contributed by atoms with Gasteiger partial charge in [-0.3, -0.25) is 0 Å². The largest absolute Gasteiger partial charge is 0.504 e. The molecular formula is C15H10BrFN2O3. The molecule has 0 spiro atoms. The first-order valence-electron chi connectivity index (χ1n) is 6.23. The van der Waals surface area contributed by atoms with Gasteiger partial charge < -0.3 is 14.6 Å². The van der Waals surface area contributed by atoms with Crippen LogP contribution in [0.5, 0.6) is 23.1 Å². The topological polar surface area (TPSA) is 64.5 Å². The maximum Gasteiger partial charge on any atom is 0.230 e. The van der Waals surface area contributed by atoms with Crippen molar-refractivity contribution in [2.75, 3.05) is 7.11 Å². The number of benzene rings is 2. The summed E-state index contributed by atoms with van der Waals surface area (Å²) in [4.78, 5) is 8.07. The minimum atomic E-state index is -0.521. The number of rotatable bonds is 3. The van der Waals surface area contributed by atoms with E-state index < -0.39 is 5.82 Å². The van der Waals surface area contributed by atoms with Gasteiger partial charge in [0.1, 0.15) is 6.33 Å². The number of aromatic hydroxyl groups is 1. The lowest BCUT2D eigenvalue weighted by Gasteiger charge is -2.10. The summed E-state index contributed by atoms with van der Waals surface area (Å²) in [5.74, 6) is -0.107. The number of hydrogen-bond donors (Lipinski definition) is 1. The normalized spacial score (nSPS) is 10.7. The van der Waals surface area contributed by atoms with E-state index in [0.717, 1.165) is 0 Å². The molecule has 1 N–H and O–H groups in total. The molecule has 0 saturated carbocycles. The second-order valence-corrected chi connectivity index (χ2v) is 5.31. The molecule has 0 aliphatic carbocycles. The summed E-state index contributed by atoms with van der Waals surface area (Å²) in [6.45, 7) is 0. The predicted octanol–water partition coefficient (Wildman–Crippen LogP) is 4.04. The average Bonchev–Trinajstić information content (AvgIpc) is 2.49. The van der Waals surface area contributed by atoms with Crippen molar-refractivity contribution in [3.05, 3.63) is 46.9 Å². The lowest BCUT2D eigenvalue weighted by molar-refractivity contribution is 0.374. The third-order valence-electron chi connectivity index (χ3n) is 3.00. The summed E-state index contributed by atoms with van der Waals surface area (Å²) in [7, 11) is 1.43. The van der Waals surface area contributed by atoms with Crippen LogP contribution in [0.3, 0.4) is 0 Å². The van der Waals surface area contributed by atoms with E-state index in [0.29, 0.717) is 15.4 Å². The highest BCUT2D eigenvalue weighted by molar-refractivity contribution is 9.10. The molecule has 0 bridgehead atoms. The Hall–Kier alpha value is -2.41. The first kappa shape index (κ1) is 14.5. The Morgan fingerprint density at radius 2 is 1.95 bits per heavy atom. The molecule has 0 unspecified atom stereocenters. The predicted molar refractivity (Wildman–Crippen MR) is 81.9 cm³/mol. The van der Waals surface area contributed by atoms with Crippen LogP contribution in [0.4, 0.5) is 4.39 Å². The lowest BCUT2D eigenvalue weighted by Crippen LogP contribution is -1.94. The van der Waals surface area contributed by atoms with Gasteiger partial charge in [0.05, 0.1) is 18.0 Å². The van der Waals surface area contributed by atoms with Crippen molar-refractivity contribution in [2.24, 2.45) is 0 Å². The van der Waals surface area contributed by atoms with Gasteiger partial charge in [-0.15, -0.1) is 0 Å². The monoisotopic (exact) mass is 364 g/mol. The highest BCUT2D eigenvalue weighted by Crippen LogP contribution is 2.35. The summed E-state index contributed by atoms with van der Waals surface area (Å²) in [5, 5.41) is 10.3. The van der Waals surface area contributed by atoms with Crippen molar-refractivity contribution >= 4 is 26.8 Å². The van der Waals surface area contributed by atoms with Crippen molar-refractivity contribution in [1.82, 2.24) is 9.97 Å². The molecule has 0 amide bonds. The molecule has 0 radical (unpaired) electrons. The highest BCUT2D eigenvalue weighted by Gasteiger charge is 2.13. The van der Waals surface area contributed by atoms with Crippen LogP contribution in [0.2, 0.25) is 0 Å². The van der Waals surface area contributed by atoms with E-state index in [2.05, 4.69) is 25.9 Å². The summed E-state index contributed by atoms with van der Waals surface area (Å²) in [6, 6.07) is 7.42. The van der Waals surface area contributed by atoms with Crippen LogP contribution in [-0.2, 0) is 0 Å². The van der Waals surface area contributed by atoms with Gasteiger partial charge in [-0.05, 0) is 24.3 Å². The summed E-state index contributed by atoms with van der Waals surface area (Å²) in [6.07, 6.45) is 1.28. The van der Waals surface area contributed by atoms with Crippen molar-refractivity contribution in [1.29, 1.82) is 0 Å². The number of phenolic OH excluding ortho intramolecular Hbond substituents is 1. The van der Waals surface area contributed by atoms with Crippen molar-refractivity contribution in [2.45, 2.75) is 0 Å². The van der Waals surface area contributed by atoms with Crippen molar-refractivity contribution in [3.63, 3.8) is 0 Å². The molecule has 22 heavy (non-hydrogen) atoms. The lowest BCUT2D eigenvalue weighted by atomic mass is 10.2. The Kier molecular flexibility index (Phi) is 3.81. The molecule has 0 aliphatic rings. The number of methoxy groups -OCH3 is 1. The van der Waals surface area contributed by atoms with E-state index in [9.17, 15) is 9.50 Å². The molecule has 0 fully saturated rings. The number of halogens is 2. The van der Waals surface area contributed by atoms with Gasteiger partial charge in [0, 0.05) is 10.5 Å². The molecule has 1 heterocycles. The second kappa shape index (κ2) is 5.76. The minimum Gasteiger partial charge on any atom is -0.504 e. The highest BCUT2D eigenvalue weighted by atomic mass is 79.9. The Morgan fingerprint density at radius 1 is 1.14 bits per heavy atom. The Morgan fingerprint density at radius 3 is 2.68 bits per heavy atom. The van der Waals surface area contributed by atoms with Crippen LogP contribution < -0.4 is 9.47 Å². The molecule has 3 aromatic rings. The van der Waals surface area contributed by atoms with Crippen LogP contribution in [-0.4, -0.2) is 22.2 Å². The van der Waals surface area contributed by atoms with Gasteiger partial charge in [-0.25, -0.2) is 14.4 Å². The maximum absolute atomic E-state index is 13.9. The van der Waals surface area contributed by atoms with E-state index in [4.69, 9.17) is 9.47 Å². The van der Waals surface area contributed by atoms with E-state index in [1.54, 1.807) is 6.07 Å². The fourth-order valence-electron chi connectivity index (χ4n) is 1.96. The smallest absolute Gasteiger partial charge is 0.230 e. The molecule has 5 nitrogen and oxygen atoms in total. The van der Waals surface area contributed by atoms with Gasteiger partial charge in [0.25, 0.3) is 0 Å². The van der Waals surface area contributed by atoms with E-state index >= 15 is 0 Å². The van der Waals surface area contributed by atoms with E-state index in [-0.39, 0.29) is 23.1 Å². The number of fused-ring (bicyclic) bond motifs is 1. The minimum absolute atomic E-state index is 0.0373. The number of aromatic nitrogens is 2. The van der Waals surface area contributed by atoms with Crippen LogP contribution in [0.1, 0.15) is 0 Å². The van der Waals surface area contributed by atoms with Gasteiger partial charge in [0.15, 0.2) is 23.1 Å². The molecule has 7 heteroatoms. The fraction of sp³-hybridized carbons (Fsp3) is 0.0667. The summed E-state index contributed by atoms with van der Waals surface area (Å²) in [5.41, 5.74) is 0.459. The zero-order valence-electron chi connectivity index (χ0n) is 11.4. The molecule has 3 rings (SSSR count). The van der Waals surface area contributed by atoms with Gasteiger partial charge in [0.2, 0.25) is 5.88 Å². The SMILES string of the molecule is COc1cc2c(Oc3ccc(Br)cc3F)ncnc2cc1O. The zero-order valence-corrected chi connectivity index (χ0v) is 13.0. The fourth-order valence-corrected chi connectivity index (χ4v) is 2.29. The van der Waals surface area contributed by atoms with Crippen LogP contribution in [0.25, 0.3) is 10.9 Å². The first-order chi connectivity index (χ1) is 10.6. The summed E-state index contributed by atoms with van der Waals surface area (Å²) >= 11 is 3.18. The molecule has 0 atom stereocenters. The van der Waals surface area contributed by atoms with Crippen molar-refractivity contribution < 1.29 is 19.0 Å². The summed E-state index contributed by atoms with van der Waals surface area (Å²) < 4.78 is 25.1. The molecule has 0 saturated heterocycles. The molecular weight excluding hydrogens is 355 g/mol. The van der Waals surface area contributed by atoms with Gasteiger partial charge >= 0.3 is 0 Å². The second-order valence-electron chi connectivity index (χ2n) is 4.40. The first-order valence-corrected chi connectivity index (χ1v) is 7.02. The van der Waals surface area contributed by atoms with E-state index in [1.165, 1.54) is 37.7 Å². The molecule has 112 valence electrons. The van der Waals surface area contributed by atoms with Gasteiger partial charge in [-0.2, -0.15) is 0 Å². The standard InChI is InChI=1S/C15H10BrFN2O3/c1-21-14-5-9-11(6-12(14)20)18-7-19-15(9)22-13-3-2-8(16)4-10(13)17/h2-7,20H,1H3. The quantitative estimate of drug-likeness (QED) is 0.759. The molecule has 2 aromatic carbocycles. The number of ether oxygens (including phenoxy) is 2. The third-order valence-corrected chi connectivity index (χ3v) is 3.49. The number of hydrogen-bond acceptors (Lipinski definition) is 5. The van der Waals surface area contributed by atoms with Crippen molar-refractivity contribution in [3.8, 4) is 23.1 Å². The van der Waals surface area contributed by atoms with Crippen LogP contribution >= 0.6 is 15.9 Å². The van der Waals surface area contributed by atoms with Gasteiger partial charge in [-0.1, -0.05) is 15.9 Å². The average molecular weight is 365 g/mol. The third kappa shape index (κ3) is 2.67.